The van der Waals surface area contributed by atoms with Gasteiger partial charge in [-0.3, -0.25) is 9.78 Å². The number of nitrogens with one attached hydrogen (secondary N) is 1. The van der Waals surface area contributed by atoms with Crippen LogP contribution in [0.2, 0.25) is 5.02 Å². The molecule has 3 aromatic carbocycles. The Morgan fingerprint density at radius 2 is 1.90 bits per heavy atom. The summed E-state index contributed by atoms with van der Waals surface area (Å²) < 4.78 is 33.9. The number of anilines is 1. The maximum absolute atomic E-state index is 14.3. The number of carbonyl (C=O) groups excluding carboxylic acids is 1. The van der Waals surface area contributed by atoms with Crippen molar-refractivity contribution < 1.29 is 18.3 Å². The summed E-state index contributed by atoms with van der Waals surface area (Å²) in [5.74, 6) is -2.99. The molecular formula is C22H14ClF2N3O2. The second kappa shape index (κ2) is 8.04. The molecule has 0 aliphatic heterocycles. The first kappa shape index (κ1) is 19.7. The van der Waals surface area contributed by atoms with E-state index in [-0.39, 0.29) is 22.7 Å². The number of ether oxygens (including phenoxy) is 1. The van der Waals surface area contributed by atoms with Crippen LogP contribution < -0.4 is 10.1 Å². The molecule has 0 spiro atoms. The van der Waals surface area contributed by atoms with E-state index in [1.807, 2.05) is 0 Å². The molecule has 0 bridgehead atoms. The number of nitrogens with zero attached hydrogens (tertiary/aromatic N) is 2. The van der Waals surface area contributed by atoms with Gasteiger partial charge in [-0.1, -0.05) is 17.7 Å². The molecule has 4 aromatic rings. The highest BCUT2D eigenvalue weighted by atomic mass is 35.5. The van der Waals surface area contributed by atoms with Gasteiger partial charge in [-0.15, -0.1) is 0 Å². The fourth-order valence-corrected chi connectivity index (χ4v) is 3.01. The van der Waals surface area contributed by atoms with Crippen molar-refractivity contribution in [1.82, 2.24) is 9.97 Å². The Morgan fingerprint density at radius 3 is 2.70 bits per heavy atom. The molecule has 0 unspecified atom stereocenters. The second-order valence-corrected chi connectivity index (χ2v) is 6.94. The van der Waals surface area contributed by atoms with Gasteiger partial charge in [0.1, 0.15) is 5.75 Å². The molecule has 150 valence electrons. The van der Waals surface area contributed by atoms with Gasteiger partial charge in [0.05, 0.1) is 16.7 Å². The molecule has 0 aliphatic rings. The highest BCUT2D eigenvalue weighted by Crippen LogP contribution is 2.31. The number of hydrogen-bond acceptors (Lipinski definition) is 4. The van der Waals surface area contributed by atoms with Crippen LogP contribution >= 0.6 is 11.6 Å². The summed E-state index contributed by atoms with van der Waals surface area (Å²) in [5.41, 5.74) is 2.21. The van der Waals surface area contributed by atoms with Crippen LogP contribution in [-0.4, -0.2) is 15.9 Å². The first-order chi connectivity index (χ1) is 14.4. The zero-order valence-corrected chi connectivity index (χ0v) is 16.4. The molecule has 0 aliphatic carbocycles. The van der Waals surface area contributed by atoms with E-state index in [2.05, 4.69) is 15.3 Å². The Labute approximate surface area is 175 Å². The van der Waals surface area contributed by atoms with Crippen molar-refractivity contribution in [1.29, 1.82) is 0 Å². The molecule has 0 atom stereocenters. The predicted molar refractivity (Wildman–Crippen MR) is 110 cm³/mol. The molecule has 1 amide bonds. The number of amides is 1. The smallest absolute Gasteiger partial charge is 0.255 e. The summed E-state index contributed by atoms with van der Waals surface area (Å²) in [7, 11) is 0. The first-order valence-corrected chi connectivity index (χ1v) is 9.24. The second-order valence-electron chi connectivity index (χ2n) is 6.50. The van der Waals surface area contributed by atoms with Gasteiger partial charge in [-0.25, -0.2) is 9.37 Å². The normalized spacial score (nSPS) is 10.8. The molecular weight excluding hydrogens is 412 g/mol. The fraction of sp³-hybridized carbons (Fsp3) is 0.0455. The van der Waals surface area contributed by atoms with Crippen molar-refractivity contribution in [3.05, 3.63) is 88.7 Å². The highest BCUT2D eigenvalue weighted by Gasteiger charge is 2.16. The molecule has 1 aromatic heterocycles. The monoisotopic (exact) mass is 425 g/mol. The van der Waals surface area contributed by atoms with Crippen molar-refractivity contribution in [3.63, 3.8) is 0 Å². The van der Waals surface area contributed by atoms with Gasteiger partial charge in [0, 0.05) is 40.7 Å². The molecule has 4 rings (SSSR count). The molecule has 0 saturated heterocycles. The van der Waals surface area contributed by atoms with E-state index in [4.69, 9.17) is 16.3 Å². The summed E-state index contributed by atoms with van der Waals surface area (Å²) in [5, 5.41) is 2.89. The van der Waals surface area contributed by atoms with Gasteiger partial charge < -0.3 is 10.1 Å². The van der Waals surface area contributed by atoms with E-state index in [1.165, 1.54) is 12.1 Å². The lowest BCUT2D eigenvalue weighted by Crippen LogP contribution is -2.12. The molecule has 1 heterocycles. The topological polar surface area (TPSA) is 64.1 Å². The van der Waals surface area contributed by atoms with Gasteiger partial charge in [-0.2, -0.15) is 4.39 Å². The summed E-state index contributed by atoms with van der Waals surface area (Å²) in [6, 6.07) is 13.1. The third-order valence-electron chi connectivity index (χ3n) is 4.20. The van der Waals surface area contributed by atoms with Gasteiger partial charge in [0.25, 0.3) is 5.91 Å². The molecule has 1 N–H and O–H groups in total. The standard InChI is InChI=1S/C22H14ClF2N3O2/c1-12-11-26-18-6-5-16(10-19(18)27-12)30-20-9-15(8-17(24)21(20)25)28-22(29)13-3-2-4-14(23)7-13/h2-11H,1H3,(H,28,29). The number of carbonyl (C=O) groups is 1. The predicted octanol–water partition coefficient (Wildman–Crippen LogP) is 5.91. The Hall–Kier alpha value is -3.58. The number of rotatable bonds is 4. The maximum atomic E-state index is 14.3. The summed E-state index contributed by atoms with van der Waals surface area (Å²) >= 11 is 5.89. The molecule has 0 fully saturated rings. The minimum atomic E-state index is -1.17. The number of halogens is 3. The molecule has 0 radical (unpaired) electrons. The number of hydrogen-bond donors (Lipinski definition) is 1. The first-order valence-electron chi connectivity index (χ1n) is 8.86. The summed E-state index contributed by atoms with van der Waals surface area (Å²) in [6.07, 6.45) is 1.63. The molecule has 5 nitrogen and oxygen atoms in total. The van der Waals surface area contributed by atoms with Crippen LogP contribution in [0.15, 0.2) is 60.8 Å². The fourth-order valence-electron chi connectivity index (χ4n) is 2.82. The largest absolute Gasteiger partial charge is 0.454 e. The minimum Gasteiger partial charge on any atom is -0.454 e. The summed E-state index contributed by atoms with van der Waals surface area (Å²) in [4.78, 5) is 20.9. The van der Waals surface area contributed by atoms with Crippen molar-refractivity contribution >= 4 is 34.2 Å². The van der Waals surface area contributed by atoms with E-state index in [1.54, 1.807) is 49.5 Å². The Morgan fingerprint density at radius 1 is 1.07 bits per heavy atom. The van der Waals surface area contributed by atoms with Crippen molar-refractivity contribution in [2.45, 2.75) is 6.92 Å². The zero-order valence-electron chi connectivity index (χ0n) is 15.6. The average Bonchev–Trinajstić information content (AvgIpc) is 2.71. The molecule has 8 heteroatoms. The number of aryl methyl sites for hydroxylation is 1. The van der Waals surface area contributed by atoms with Gasteiger partial charge >= 0.3 is 0 Å². The lowest BCUT2D eigenvalue weighted by Gasteiger charge is -2.11. The van der Waals surface area contributed by atoms with Crippen LogP contribution in [0.25, 0.3) is 11.0 Å². The van der Waals surface area contributed by atoms with Crippen molar-refractivity contribution in [3.8, 4) is 11.5 Å². The Balaban J connectivity index is 1.62. The van der Waals surface area contributed by atoms with Crippen LogP contribution in [0.4, 0.5) is 14.5 Å². The lowest BCUT2D eigenvalue weighted by molar-refractivity contribution is 0.102. The van der Waals surface area contributed by atoms with Crippen LogP contribution in [0, 0.1) is 18.6 Å². The van der Waals surface area contributed by atoms with Gasteiger partial charge in [0.2, 0.25) is 5.82 Å². The van der Waals surface area contributed by atoms with Crippen LogP contribution in [0.1, 0.15) is 16.1 Å². The highest BCUT2D eigenvalue weighted by molar-refractivity contribution is 6.31. The number of fused-ring (bicyclic) bond motifs is 1. The quantitative estimate of drug-likeness (QED) is 0.441. The van der Waals surface area contributed by atoms with E-state index < -0.39 is 17.5 Å². The SMILES string of the molecule is Cc1cnc2ccc(Oc3cc(NC(=O)c4cccc(Cl)c4)cc(F)c3F)cc2n1. The number of aromatic nitrogens is 2. The van der Waals surface area contributed by atoms with Gasteiger partial charge in [-0.05, 0) is 37.3 Å². The maximum Gasteiger partial charge on any atom is 0.255 e. The van der Waals surface area contributed by atoms with E-state index in [0.717, 1.165) is 6.07 Å². The zero-order chi connectivity index (χ0) is 21.3. The minimum absolute atomic E-state index is 0.0327. The van der Waals surface area contributed by atoms with Crippen LogP contribution in [0.5, 0.6) is 11.5 Å². The van der Waals surface area contributed by atoms with Crippen molar-refractivity contribution in [2.24, 2.45) is 0 Å². The van der Waals surface area contributed by atoms with E-state index >= 15 is 0 Å². The summed E-state index contributed by atoms with van der Waals surface area (Å²) in [6.45, 7) is 1.79. The molecule has 30 heavy (non-hydrogen) atoms. The average molecular weight is 426 g/mol. The van der Waals surface area contributed by atoms with Crippen LogP contribution in [0.3, 0.4) is 0 Å². The van der Waals surface area contributed by atoms with Gasteiger partial charge in [0.15, 0.2) is 11.6 Å². The van der Waals surface area contributed by atoms with E-state index in [9.17, 15) is 13.6 Å². The van der Waals surface area contributed by atoms with Crippen LogP contribution in [-0.2, 0) is 0 Å². The Kier molecular flexibility index (Phi) is 5.29. The van der Waals surface area contributed by atoms with Crippen molar-refractivity contribution in [2.75, 3.05) is 5.32 Å². The third kappa shape index (κ3) is 4.21. The Bertz CT molecular complexity index is 1280. The lowest BCUT2D eigenvalue weighted by atomic mass is 10.2. The number of benzene rings is 3. The van der Waals surface area contributed by atoms with E-state index in [0.29, 0.717) is 21.7 Å². The molecule has 0 saturated carbocycles. The third-order valence-corrected chi connectivity index (χ3v) is 4.44.